The fourth-order valence-electron chi connectivity index (χ4n) is 4.05. The minimum Gasteiger partial charge on any atom is -0.356 e. The molecule has 0 fully saturated rings. The van der Waals surface area contributed by atoms with Crippen LogP contribution in [0.2, 0.25) is 0 Å². The second-order valence-corrected chi connectivity index (χ2v) is 9.59. The van der Waals surface area contributed by atoms with Gasteiger partial charge in [0, 0.05) is 19.5 Å². The molecule has 0 radical (unpaired) electrons. The predicted octanol–water partition coefficient (Wildman–Crippen LogP) is 8.43. The molecule has 0 unspecified atom stereocenters. The highest BCUT2D eigenvalue weighted by atomic mass is 16.1. The van der Waals surface area contributed by atoms with Gasteiger partial charge >= 0.3 is 0 Å². The Balaban J connectivity index is 3.43. The SMILES string of the molecule is CCCCCCCCC=CCCCCCCCCNC(=O)CCN(CCCC)CCCC. The molecular formula is C29H58N2O. The van der Waals surface area contributed by atoms with Crippen LogP contribution in [-0.4, -0.2) is 37.0 Å². The van der Waals surface area contributed by atoms with E-state index in [0.29, 0.717) is 6.42 Å². The van der Waals surface area contributed by atoms with Crippen molar-refractivity contribution >= 4 is 5.91 Å². The van der Waals surface area contributed by atoms with Crippen LogP contribution >= 0.6 is 0 Å². The highest BCUT2D eigenvalue weighted by Crippen LogP contribution is 2.10. The van der Waals surface area contributed by atoms with E-state index >= 15 is 0 Å². The molecule has 0 aromatic carbocycles. The first-order valence-corrected chi connectivity index (χ1v) is 14.4. The predicted molar refractivity (Wildman–Crippen MR) is 143 cm³/mol. The molecule has 0 aliphatic rings. The van der Waals surface area contributed by atoms with Gasteiger partial charge in [0.25, 0.3) is 0 Å². The van der Waals surface area contributed by atoms with Gasteiger partial charge in [-0.15, -0.1) is 0 Å². The molecule has 0 heterocycles. The van der Waals surface area contributed by atoms with Crippen molar-refractivity contribution in [1.82, 2.24) is 10.2 Å². The molecule has 0 aromatic heterocycles. The van der Waals surface area contributed by atoms with Crippen LogP contribution < -0.4 is 5.32 Å². The van der Waals surface area contributed by atoms with Crippen molar-refractivity contribution in [3.63, 3.8) is 0 Å². The number of nitrogens with one attached hydrogen (secondary N) is 1. The van der Waals surface area contributed by atoms with Crippen LogP contribution in [0.1, 0.15) is 143 Å². The van der Waals surface area contributed by atoms with Gasteiger partial charge in [-0.3, -0.25) is 4.79 Å². The van der Waals surface area contributed by atoms with Gasteiger partial charge in [-0.1, -0.05) is 104 Å². The zero-order valence-corrected chi connectivity index (χ0v) is 22.3. The van der Waals surface area contributed by atoms with E-state index in [9.17, 15) is 4.79 Å². The van der Waals surface area contributed by atoms with Crippen LogP contribution in [0, 0.1) is 0 Å². The lowest BCUT2D eigenvalue weighted by Crippen LogP contribution is -2.32. The van der Waals surface area contributed by atoms with E-state index in [-0.39, 0.29) is 5.91 Å². The number of nitrogens with zero attached hydrogens (tertiary/aromatic N) is 1. The molecule has 0 rings (SSSR count). The van der Waals surface area contributed by atoms with E-state index in [4.69, 9.17) is 0 Å². The summed E-state index contributed by atoms with van der Waals surface area (Å²) < 4.78 is 0. The summed E-state index contributed by atoms with van der Waals surface area (Å²) in [7, 11) is 0. The third kappa shape index (κ3) is 23.8. The third-order valence-corrected chi connectivity index (χ3v) is 6.32. The van der Waals surface area contributed by atoms with Gasteiger partial charge in [0.15, 0.2) is 0 Å². The number of rotatable bonds is 25. The quantitative estimate of drug-likeness (QED) is 0.112. The Morgan fingerprint density at radius 1 is 0.594 bits per heavy atom. The van der Waals surface area contributed by atoms with Gasteiger partial charge in [-0.25, -0.2) is 0 Å². The fourth-order valence-corrected chi connectivity index (χ4v) is 4.05. The Bertz CT molecular complexity index is 400. The number of amides is 1. The number of hydrogen-bond donors (Lipinski definition) is 1. The lowest BCUT2D eigenvalue weighted by atomic mass is 10.1. The lowest BCUT2D eigenvalue weighted by Gasteiger charge is -2.21. The van der Waals surface area contributed by atoms with E-state index in [1.54, 1.807) is 0 Å². The standard InChI is InChI=1S/C29H58N2O/c1-4-7-10-11-12-13-14-15-16-17-18-19-20-21-22-23-25-30-29(32)24-28-31(26-8-5-2)27-9-6-3/h15-16H,4-14,17-28H2,1-3H3,(H,30,32). The fraction of sp³-hybridized carbons (Fsp3) is 0.897. The molecule has 3 heteroatoms. The van der Waals surface area contributed by atoms with E-state index < -0.39 is 0 Å². The van der Waals surface area contributed by atoms with Gasteiger partial charge in [0.1, 0.15) is 0 Å². The molecule has 3 nitrogen and oxygen atoms in total. The number of carbonyl (C=O) groups excluding carboxylic acids is 1. The lowest BCUT2D eigenvalue weighted by molar-refractivity contribution is -0.121. The highest BCUT2D eigenvalue weighted by molar-refractivity contribution is 5.75. The van der Waals surface area contributed by atoms with Crippen LogP contribution in [0.25, 0.3) is 0 Å². The van der Waals surface area contributed by atoms with Crippen LogP contribution in [0.15, 0.2) is 12.2 Å². The average molecular weight is 451 g/mol. The second-order valence-electron chi connectivity index (χ2n) is 9.59. The highest BCUT2D eigenvalue weighted by Gasteiger charge is 2.07. The van der Waals surface area contributed by atoms with Crippen LogP contribution in [0.4, 0.5) is 0 Å². The maximum Gasteiger partial charge on any atom is 0.221 e. The maximum atomic E-state index is 12.1. The molecule has 0 aliphatic carbocycles. The summed E-state index contributed by atoms with van der Waals surface area (Å²) in [6.07, 6.45) is 28.9. The summed E-state index contributed by atoms with van der Waals surface area (Å²) in [5, 5.41) is 3.13. The molecule has 0 saturated carbocycles. The van der Waals surface area contributed by atoms with Crippen LogP contribution in [-0.2, 0) is 4.79 Å². The van der Waals surface area contributed by atoms with Gasteiger partial charge in [-0.2, -0.15) is 0 Å². The number of allylic oxidation sites excluding steroid dienone is 2. The van der Waals surface area contributed by atoms with Crippen molar-refractivity contribution in [2.24, 2.45) is 0 Å². The number of carbonyl (C=O) groups is 1. The Morgan fingerprint density at radius 2 is 1.06 bits per heavy atom. The van der Waals surface area contributed by atoms with E-state index in [1.807, 2.05) is 0 Å². The first-order valence-electron chi connectivity index (χ1n) is 14.4. The Morgan fingerprint density at radius 3 is 1.59 bits per heavy atom. The first kappa shape index (κ1) is 31.2. The van der Waals surface area contributed by atoms with Crippen molar-refractivity contribution in [3.05, 3.63) is 12.2 Å². The third-order valence-electron chi connectivity index (χ3n) is 6.32. The normalized spacial score (nSPS) is 11.6. The van der Waals surface area contributed by atoms with E-state index in [0.717, 1.165) is 32.6 Å². The minimum absolute atomic E-state index is 0.232. The molecule has 0 saturated heterocycles. The number of hydrogen-bond acceptors (Lipinski definition) is 2. The molecule has 0 bridgehead atoms. The molecule has 32 heavy (non-hydrogen) atoms. The molecule has 190 valence electrons. The molecular weight excluding hydrogens is 392 g/mol. The van der Waals surface area contributed by atoms with Crippen molar-refractivity contribution in [1.29, 1.82) is 0 Å². The second kappa shape index (κ2) is 26.4. The zero-order valence-electron chi connectivity index (χ0n) is 22.3. The maximum absolute atomic E-state index is 12.1. The van der Waals surface area contributed by atoms with Crippen LogP contribution in [0.3, 0.4) is 0 Å². The Labute approximate surface area is 202 Å². The molecule has 0 spiro atoms. The van der Waals surface area contributed by atoms with E-state index in [1.165, 1.54) is 109 Å². The summed E-state index contributed by atoms with van der Waals surface area (Å²) in [6, 6.07) is 0. The van der Waals surface area contributed by atoms with Crippen LogP contribution in [0.5, 0.6) is 0 Å². The van der Waals surface area contributed by atoms with Gasteiger partial charge in [-0.05, 0) is 58.0 Å². The summed E-state index contributed by atoms with van der Waals surface area (Å²) in [6.45, 7) is 10.8. The summed E-state index contributed by atoms with van der Waals surface area (Å²) in [4.78, 5) is 14.6. The van der Waals surface area contributed by atoms with Gasteiger partial charge in [0.05, 0.1) is 0 Å². The molecule has 0 atom stereocenters. The van der Waals surface area contributed by atoms with Crippen molar-refractivity contribution in [2.75, 3.05) is 26.2 Å². The number of unbranched alkanes of at least 4 members (excludes halogenated alkanes) is 14. The van der Waals surface area contributed by atoms with Crippen molar-refractivity contribution in [3.8, 4) is 0 Å². The summed E-state index contributed by atoms with van der Waals surface area (Å²) in [5.41, 5.74) is 0. The summed E-state index contributed by atoms with van der Waals surface area (Å²) >= 11 is 0. The summed E-state index contributed by atoms with van der Waals surface area (Å²) in [5.74, 6) is 0.232. The van der Waals surface area contributed by atoms with Crippen molar-refractivity contribution in [2.45, 2.75) is 143 Å². The van der Waals surface area contributed by atoms with Gasteiger partial charge in [0.2, 0.25) is 5.91 Å². The molecule has 0 aromatic rings. The smallest absolute Gasteiger partial charge is 0.221 e. The molecule has 1 amide bonds. The van der Waals surface area contributed by atoms with Gasteiger partial charge < -0.3 is 10.2 Å². The minimum atomic E-state index is 0.232. The van der Waals surface area contributed by atoms with Crippen molar-refractivity contribution < 1.29 is 4.79 Å². The first-order chi connectivity index (χ1) is 15.7. The zero-order chi connectivity index (χ0) is 23.5. The molecule has 0 aliphatic heterocycles. The Hall–Kier alpha value is -0.830. The molecule has 1 N–H and O–H groups in total. The Kier molecular flexibility index (Phi) is 25.7. The van der Waals surface area contributed by atoms with E-state index in [2.05, 4.69) is 43.1 Å². The topological polar surface area (TPSA) is 32.3 Å². The largest absolute Gasteiger partial charge is 0.356 e. The monoisotopic (exact) mass is 450 g/mol. The average Bonchev–Trinajstić information content (AvgIpc) is 2.80.